The van der Waals surface area contributed by atoms with E-state index in [9.17, 15) is 4.39 Å². The van der Waals surface area contributed by atoms with Crippen LogP contribution in [-0.4, -0.2) is 29.5 Å². The maximum atomic E-state index is 14.2. The zero-order valence-corrected chi connectivity index (χ0v) is 17.6. The summed E-state index contributed by atoms with van der Waals surface area (Å²) in [6.07, 6.45) is 2.61. The predicted molar refractivity (Wildman–Crippen MR) is 114 cm³/mol. The van der Waals surface area contributed by atoms with Crippen molar-refractivity contribution in [2.24, 2.45) is 0 Å². The van der Waals surface area contributed by atoms with Crippen LogP contribution in [0.1, 0.15) is 31.1 Å². The fourth-order valence-corrected chi connectivity index (χ4v) is 4.15. The van der Waals surface area contributed by atoms with Crippen LogP contribution in [0.4, 0.5) is 10.2 Å². The first-order chi connectivity index (χ1) is 15.0. The van der Waals surface area contributed by atoms with Crippen molar-refractivity contribution in [2.75, 3.05) is 5.73 Å². The summed E-state index contributed by atoms with van der Waals surface area (Å²) in [5, 5.41) is 9.23. The van der Waals surface area contributed by atoms with E-state index in [0.717, 1.165) is 16.8 Å². The van der Waals surface area contributed by atoms with Gasteiger partial charge in [-0.15, -0.1) is 0 Å². The Morgan fingerprint density at radius 1 is 1.29 bits per heavy atom. The molecule has 10 heteroatoms. The van der Waals surface area contributed by atoms with Crippen molar-refractivity contribution >= 4 is 17.4 Å². The van der Waals surface area contributed by atoms with E-state index in [1.54, 1.807) is 16.9 Å². The van der Waals surface area contributed by atoms with Gasteiger partial charge in [0.2, 0.25) is 0 Å². The van der Waals surface area contributed by atoms with Gasteiger partial charge in [-0.2, -0.15) is 10.2 Å². The Morgan fingerprint density at radius 3 is 2.94 bits per heavy atom. The molecule has 2 N–H and O–H groups in total. The molecule has 1 aliphatic heterocycles. The highest BCUT2D eigenvalue weighted by molar-refractivity contribution is 6.30. The van der Waals surface area contributed by atoms with Gasteiger partial charge in [0.05, 0.1) is 12.2 Å². The molecule has 3 aromatic heterocycles. The number of rotatable bonds is 1. The van der Waals surface area contributed by atoms with Gasteiger partial charge in [0, 0.05) is 35.0 Å². The predicted octanol–water partition coefficient (Wildman–Crippen LogP) is 4.10. The normalized spacial score (nSPS) is 15.2. The van der Waals surface area contributed by atoms with E-state index in [-0.39, 0.29) is 11.6 Å². The highest BCUT2D eigenvalue weighted by Gasteiger charge is 2.25. The van der Waals surface area contributed by atoms with E-state index in [1.165, 1.54) is 18.5 Å². The number of benzene rings is 1. The molecule has 2 bridgehead atoms. The van der Waals surface area contributed by atoms with E-state index in [4.69, 9.17) is 22.1 Å². The van der Waals surface area contributed by atoms with E-state index >= 15 is 0 Å². The Bertz CT molecular complexity index is 1300. The molecule has 8 nitrogen and oxygen atoms in total. The lowest BCUT2D eigenvalue weighted by Gasteiger charge is -2.21. The van der Waals surface area contributed by atoms with E-state index < -0.39 is 6.10 Å². The van der Waals surface area contributed by atoms with Crippen LogP contribution in [0.5, 0.6) is 5.75 Å². The minimum absolute atomic E-state index is 0.240. The average molecular weight is 440 g/mol. The highest BCUT2D eigenvalue weighted by Crippen LogP contribution is 2.38. The number of nitrogens with two attached hydrogens (primary N) is 1. The third kappa shape index (κ3) is 3.21. The van der Waals surface area contributed by atoms with Gasteiger partial charge in [-0.25, -0.2) is 19.0 Å². The highest BCUT2D eigenvalue weighted by atomic mass is 35.5. The Kier molecular flexibility index (Phi) is 4.62. The minimum atomic E-state index is -0.520. The van der Waals surface area contributed by atoms with Gasteiger partial charge >= 0.3 is 0 Å². The molecule has 0 saturated carbocycles. The van der Waals surface area contributed by atoms with Gasteiger partial charge in [-0.1, -0.05) is 11.6 Å². The van der Waals surface area contributed by atoms with Crippen LogP contribution in [0.2, 0.25) is 5.15 Å². The lowest BCUT2D eigenvalue weighted by Crippen LogP contribution is -2.12. The number of aromatic nitrogens is 6. The number of nitrogens with zero attached hydrogens (tertiary/aromatic N) is 6. The fourth-order valence-electron chi connectivity index (χ4n) is 3.91. The summed E-state index contributed by atoms with van der Waals surface area (Å²) in [6.45, 7) is 4.75. The topological polar surface area (TPSA) is 96.7 Å². The van der Waals surface area contributed by atoms with Crippen LogP contribution in [0.25, 0.3) is 22.6 Å². The molecule has 1 atom stereocenters. The molecule has 0 amide bonds. The molecule has 1 aliphatic rings. The van der Waals surface area contributed by atoms with E-state index in [2.05, 4.69) is 20.2 Å². The molecule has 31 heavy (non-hydrogen) atoms. The summed E-state index contributed by atoms with van der Waals surface area (Å²) in [6, 6.07) is 6.31. The maximum absolute atomic E-state index is 14.2. The van der Waals surface area contributed by atoms with Gasteiger partial charge in [0.1, 0.15) is 18.2 Å². The molecule has 0 spiro atoms. The largest absolute Gasteiger partial charge is 0.482 e. The molecule has 4 aromatic rings. The number of fused-ring (bicyclic) bond motifs is 7. The second kappa shape index (κ2) is 7.35. The maximum Gasteiger partial charge on any atom is 0.166 e. The minimum Gasteiger partial charge on any atom is -0.482 e. The van der Waals surface area contributed by atoms with Crippen molar-refractivity contribution in [3.8, 4) is 28.4 Å². The van der Waals surface area contributed by atoms with Gasteiger partial charge in [-0.3, -0.25) is 4.68 Å². The van der Waals surface area contributed by atoms with Gasteiger partial charge in [0.25, 0.3) is 0 Å². The van der Waals surface area contributed by atoms with Crippen LogP contribution < -0.4 is 10.5 Å². The molecule has 1 unspecified atom stereocenters. The molecule has 0 aliphatic carbocycles. The summed E-state index contributed by atoms with van der Waals surface area (Å²) in [7, 11) is 0. The number of hydrogen-bond donors (Lipinski definition) is 1. The summed E-state index contributed by atoms with van der Waals surface area (Å²) >= 11 is 6.53. The number of nitrogen functional groups attached to an aromatic ring is 1. The van der Waals surface area contributed by atoms with E-state index in [0.29, 0.717) is 40.9 Å². The SMILES string of the molecule is CCn1nc(Cl)c2c1-c1cnc(N)c(c1)OC(C)c1cc(F)ccc1-c1ncnn1C2. The Hall–Kier alpha value is -3.46. The van der Waals surface area contributed by atoms with E-state index in [1.807, 2.05) is 24.6 Å². The molecule has 4 heterocycles. The first-order valence-electron chi connectivity index (χ1n) is 9.81. The Labute approximate surface area is 182 Å². The standard InChI is InChI=1S/C21H19ClFN7O/c1-3-29-18-12-6-17(20(24)25-8-12)31-11(2)15-7-13(23)4-5-14(15)21-26-10-27-30(21)9-16(18)19(22)28-29/h4-8,10-11H,3,9H2,1-2H3,(H2,24,25). The van der Waals surface area contributed by atoms with Crippen molar-refractivity contribution in [2.45, 2.75) is 33.0 Å². The second-order valence-electron chi connectivity index (χ2n) is 7.27. The lowest BCUT2D eigenvalue weighted by molar-refractivity contribution is 0.227. The molecule has 158 valence electrons. The molecule has 0 fully saturated rings. The molecule has 0 saturated heterocycles. The number of ether oxygens (including phenoxy) is 1. The van der Waals surface area contributed by atoms with Crippen LogP contribution in [0.15, 0.2) is 36.8 Å². The summed E-state index contributed by atoms with van der Waals surface area (Å²) in [5.41, 5.74) is 9.75. The number of halogens is 2. The lowest BCUT2D eigenvalue weighted by atomic mass is 10.0. The van der Waals surface area contributed by atoms with Gasteiger partial charge in [-0.05, 0) is 38.1 Å². The van der Waals surface area contributed by atoms with Crippen molar-refractivity contribution < 1.29 is 9.13 Å². The molecular weight excluding hydrogens is 421 g/mol. The molecule has 0 radical (unpaired) electrons. The molecule has 5 rings (SSSR count). The number of aryl methyl sites for hydroxylation is 1. The monoisotopic (exact) mass is 439 g/mol. The smallest absolute Gasteiger partial charge is 0.166 e. The van der Waals surface area contributed by atoms with Crippen molar-refractivity contribution in [3.05, 3.63) is 58.9 Å². The Morgan fingerprint density at radius 2 is 2.13 bits per heavy atom. The molecule has 1 aromatic carbocycles. The quantitative estimate of drug-likeness (QED) is 0.479. The second-order valence-corrected chi connectivity index (χ2v) is 7.63. The van der Waals surface area contributed by atoms with Crippen LogP contribution in [0.3, 0.4) is 0 Å². The van der Waals surface area contributed by atoms with Crippen molar-refractivity contribution in [1.29, 1.82) is 0 Å². The van der Waals surface area contributed by atoms with Crippen molar-refractivity contribution in [3.63, 3.8) is 0 Å². The first-order valence-corrected chi connectivity index (χ1v) is 10.2. The third-order valence-corrected chi connectivity index (χ3v) is 5.68. The van der Waals surface area contributed by atoms with Crippen LogP contribution >= 0.6 is 11.6 Å². The molecular formula is C21H19ClFN7O. The average Bonchev–Trinajstić information content (AvgIpc) is 3.33. The van der Waals surface area contributed by atoms with Gasteiger partial charge in [0.15, 0.2) is 22.5 Å². The summed E-state index contributed by atoms with van der Waals surface area (Å²) in [5.74, 6) is 0.839. The van der Waals surface area contributed by atoms with Gasteiger partial charge < -0.3 is 10.5 Å². The Balaban J connectivity index is 1.82. The number of hydrogen-bond acceptors (Lipinski definition) is 6. The number of pyridine rings is 1. The summed E-state index contributed by atoms with van der Waals surface area (Å²) in [4.78, 5) is 8.75. The van der Waals surface area contributed by atoms with Crippen LogP contribution in [0, 0.1) is 5.82 Å². The van der Waals surface area contributed by atoms with Crippen LogP contribution in [-0.2, 0) is 13.1 Å². The number of anilines is 1. The zero-order chi connectivity index (χ0) is 21.7. The third-order valence-electron chi connectivity index (χ3n) is 5.38. The first kappa shape index (κ1) is 19.5. The zero-order valence-electron chi connectivity index (χ0n) is 16.9. The fraction of sp³-hybridized carbons (Fsp3) is 0.238. The summed E-state index contributed by atoms with van der Waals surface area (Å²) < 4.78 is 23.8. The van der Waals surface area contributed by atoms with Crippen molar-refractivity contribution in [1.82, 2.24) is 29.5 Å².